The molecular formula is C8H17N3O2. The second-order valence-corrected chi connectivity index (χ2v) is 3.75. The minimum atomic E-state index is -0.732. The van der Waals surface area contributed by atoms with Crippen LogP contribution in [0.2, 0.25) is 0 Å². The van der Waals surface area contributed by atoms with Crippen LogP contribution >= 0.6 is 0 Å². The fourth-order valence-electron chi connectivity index (χ4n) is 0.556. The van der Waals surface area contributed by atoms with Crippen LogP contribution < -0.4 is 16.8 Å². The lowest BCUT2D eigenvalue weighted by Crippen LogP contribution is -2.46. The Kier molecular flexibility index (Phi) is 3.87. The Morgan fingerprint density at radius 1 is 1.46 bits per heavy atom. The van der Waals surface area contributed by atoms with Gasteiger partial charge in [-0.05, 0) is 20.8 Å². The predicted molar refractivity (Wildman–Crippen MR) is 49.6 cm³/mol. The molecule has 0 aliphatic heterocycles. The summed E-state index contributed by atoms with van der Waals surface area (Å²) in [6.07, 6.45) is 0. The molecule has 0 aliphatic carbocycles. The van der Waals surface area contributed by atoms with Gasteiger partial charge in [-0.1, -0.05) is 0 Å². The highest BCUT2D eigenvalue weighted by Gasteiger charge is 2.25. The van der Waals surface area contributed by atoms with Crippen LogP contribution in [0.1, 0.15) is 20.8 Å². The van der Waals surface area contributed by atoms with Crippen molar-refractivity contribution in [2.75, 3.05) is 6.54 Å². The maximum Gasteiger partial charge on any atom is 0.236 e. The van der Waals surface area contributed by atoms with E-state index in [-0.39, 0.29) is 12.5 Å². The van der Waals surface area contributed by atoms with Crippen molar-refractivity contribution in [3.05, 3.63) is 0 Å². The summed E-state index contributed by atoms with van der Waals surface area (Å²) in [5.41, 5.74) is 9.69. The normalized spacial score (nSPS) is 13.5. The zero-order valence-corrected chi connectivity index (χ0v) is 8.26. The first-order chi connectivity index (χ1) is 5.77. The standard InChI is InChI=1S/C8H17N3O2/c1-5(9)6(12)11-4-8(2,3)7(10)13/h5H,4,9H2,1-3H3,(H2,10,13)(H,11,12)/t5-/m0/s1. The molecule has 0 heterocycles. The van der Waals surface area contributed by atoms with Crippen LogP contribution in [0.25, 0.3) is 0 Å². The molecule has 0 fully saturated rings. The molecule has 5 N–H and O–H groups in total. The molecular weight excluding hydrogens is 170 g/mol. The minimum Gasteiger partial charge on any atom is -0.369 e. The first kappa shape index (κ1) is 11.9. The summed E-state index contributed by atoms with van der Waals surface area (Å²) in [6, 6.07) is -0.566. The van der Waals surface area contributed by atoms with Crippen LogP contribution in [0.15, 0.2) is 0 Å². The average molecular weight is 187 g/mol. The van der Waals surface area contributed by atoms with Gasteiger partial charge in [-0.3, -0.25) is 9.59 Å². The van der Waals surface area contributed by atoms with Crippen molar-refractivity contribution in [2.24, 2.45) is 16.9 Å². The number of carbonyl (C=O) groups is 2. The van der Waals surface area contributed by atoms with E-state index in [1.54, 1.807) is 20.8 Å². The van der Waals surface area contributed by atoms with E-state index < -0.39 is 17.4 Å². The molecule has 5 heteroatoms. The topological polar surface area (TPSA) is 98.2 Å². The van der Waals surface area contributed by atoms with Gasteiger partial charge in [0.05, 0.1) is 11.5 Å². The molecule has 2 amide bonds. The van der Waals surface area contributed by atoms with E-state index in [0.717, 1.165) is 0 Å². The molecule has 0 saturated heterocycles. The Hall–Kier alpha value is -1.10. The van der Waals surface area contributed by atoms with Crippen molar-refractivity contribution < 1.29 is 9.59 Å². The third-order valence-electron chi connectivity index (χ3n) is 1.79. The van der Waals surface area contributed by atoms with Gasteiger partial charge in [0, 0.05) is 6.54 Å². The number of hydrogen-bond donors (Lipinski definition) is 3. The first-order valence-electron chi connectivity index (χ1n) is 4.10. The van der Waals surface area contributed by atoms with Gasteiger partial charge in [0.15, 0.2) is 0 Å². The van der Waals surface area contributed by atoms with Gasteiger partial charge in [-0.2, -0.15) is 0 Å². The largest absolute Gasteiger partial charge is 0.369 e. The van der Waals surface area contributed by atoms with Gasteiger partial charge < -0.3 is 16.8 Å². The van der Waals surface area contributed by atoms with Crippen molar-refractivity contribution in [2.45, 2.75) is 26.8 Å². The number of carbonyl (C=O) groups excluding carboxylic acids is 2. The summed E-state index contributed by atoms with van der Waals surface area (Å²) in [7, 11) is 0. The Balaban J connectivity index is 4.03. The predicted octanol–water partition coefficient (Wildman–Crippen LogP) is -1.04. The molecule has 13 heavy (non-hydrogen) atoms. The van der Waals surface area contributed by atoms with Crippen molar-refractivity contribution in [3.8, 4) is 0 Å². The summed E-state index contributed by atoms with van der Waals surface area (Å²) in [5, 5.41) is 2.54. The number of nitrogens with one attached hydrogen (secondary N) is 1. The van der Waals surface area contributed by atoms with E-state index in [0.29, 0.717) is 0 Å². The maximum atomic E-state index is 11.0. The Bertz CT molecular complexity index is 211. The molecule has 0 aliphatic rings. The molecule has 0 radical (unpaired) electrons. The molecule has 1 atom stereocenters. The van der Waals surface area contributed by atoms with E-state index in [2.05, 4.69) is 5.32 Å². The summed E-state index contributed by atoms with van der Waals surface area (Å²) in [6.45, 7) is 5.11. The molecule has 0 unspecified atom stereocenters. The van der Waals surface area contributed by atoms with Gasteiger partial charge in [-0.15, -0.1) is 0 Å². The zero-order valence-electron chi connectivity index (χ0n) is 8.26. The Morgan fingerprint density at radius 3 is 2.23 bits per heavy atom. The fourth-order valence-corrected chi connectivity index (χ4v) is 0.556. The second-order valence-electron chi connectivity index (χ2n) is 3.75. The van der Waals surface area contributed by atoms with Crippen LogP contribution in [0.3, 0.4) is 0 Å². The lowest BCUT2D eigenvalue weighted by atomic mass is 9.93. The molecule has 0 aromatic carbocycles. The Morgan fingerprint density at radius 2 is 1.92 bits per heavy atom. The summed E-state index contributed by atoms with van der Waals surface area (Å²) in [5.74, 6) is -0.730. The van der Waals surface area contributed by atoms with Crippen molar-refractivity contribution in [1.29, 1.82) is 0 Å². The molecule has 0 spiro atoms. The van der Waals surface area contributed by atoms with Gasteiger partial charge in [0.1, 0.15) is 0 Å². The van der Waals surface area contributed by atoms with Crippen molar-refractivity contribution in [1.82, 2.24) is 5.32 Å². The van der Waals surface area contributed by atoms with E-state index in [1.807, 2.05) is 0 Å². The molecule has 0 rings (SSSR count). The number of rotatable bonds is 4. The van der Waals surface area contributed by atoms with E-state index in [1.165, 1.54) is 0 Å². The van der Waals surface area contributed by atoms with Crippen LogP contribution in [-0.4, -0.2) is 24.4 Å². The second kappa shape index (κ2) is 4.23. The van der Waals surface area contributed by atoms with Crippen molar-refractivity contribution in [3.63, 3.8) is 0 Å². The third-order valence-corrected chi connectivity index (χ3v) is 1.79. The van der Waals surface area contributed by atoms with E-state index >= 15 is 0 Å². The van der Waals surface area contributed by atoms with Crippen LogP contribution in [-0.2, 0) is 9.59 Å². The number of amides is 2. The van der Waals surface area contributed by atoms with Gasteiger partial charge in [0.2, 0.25) is 11.8 Å². The highest BCUT2D eigenvalue weighted by molar-refractivity contribution is 5.83. The quantitative estimate of drug-likeness (QED) is 0.524. The molecule has 0 aromatic heterocycles. The molecule has 0 aromatic rings. The molecule has 5 nitrogen and oxygen atoms in total. The maximum absolute atomic E-state index is 11.0. The monoisotopic (exact) mass is 187 g/mol. The lowest BCUT2D eigenvalue weighted by Gasteiger charge is -2.21. The summed E-state index contributed by atoms with van der Waals surface area (Å²) < 4.78 is 0. The molecule has 0 saturated carbocycles. The van der Waals surface area contributed by atoms with Crippen LogP contribution in [0.4, 0.5) is 0 Å². The fraction of sp³-hybridized carbons (Fsp3) is 0.750. The first-order valence-corrected chi connectivity index (χ1v) is 4.10. The minimum absolute atomic E-state index is 0.211. The lowest BCUT2D eigenvalue weighted by molar-refractivity contribution is -0.127. The van der Waals surface area contributed by atoms with E-state index in [9.17, 15) is 9.59 Å². The number of hydrogen-bond acceptors (Lipinski definition) is 3. The third kappa shape index (κ3) is 3.89. The SMILES string of the molecule is C[C@H](N)C(=O)NCC(C)(C)C(N)=O. The average Bonchev–Trinajstić information content (AvgIpc) is 1.99. The van der Waals surface area contributed by atoms with Gasteiger partial charge in [-0.25, -0.2) is 0 Å². The number of nitrogens with two attached hydrogens (primary N) is 2. The van der Waals surface area contributed by atoms with E-state index in [4.69, 9.17) is 11.5 Å². The van der Waals surface area contributed by atoms with Gasteiger partial charge >= 0.3 is 0 Å². The summed E-state index contributed by atoms with van der Waals surface area (Å²) in [4.78, 5) is 21.9. The van der Waals surface area contributed by atoms with Crippen LogP contribution in [0, 0.1) is 5.41 Å². The Labute approximate surface area is 77.8 Å². The zero-order chi connectivity index (χ0) is 10.6. The smallest absolute Gasteiger partial charge is 0.236 e. The molecule has 0 bridgehead atoms. The van der Waals surface area contributed by atoms with Crippen LogP contribution in [0.5, 0.6) is 0 Å². The number of primary amides is 1. The molecule has 76 valence electrons. The highest BCUT2D eigenvalue weighted by atomic mass is 16.2. The van der Waals surface area contributed by atoms with Gasteiger partial charge in [0.25, 0.3) is 0 Å². The highest BCUT2D eigenvalue weighted by Crippen LogP contribution is 2.11. The van der Waals surface area contributed by atoms with Crippen molar-refractivity contribution >= 4 is 11.8 Å². The summed E-state index contributed by atoms with van der Waals surface area (Å²) >= 11 is 0.